The molecule has 1 aliphatic carbocycles. The Morgan fingerprint density at radius 2 is 2.08 bits per heavy atom. The van der Waals surface area contributed by atoms with Crippen molar-refractivity contribution in [1.82, 2.24) is 0 Å². The summed E-state index contributed by atoms with van der Waals surface area (Å²) in [6, 6.07) is -1.19. The highest BCUT2D eigenvalue weighted by Crippen LogP contribution is 2.21. The summed E-state index contributed by atoms with van der Waals surface area (Å²) in [6.07, 6.45) is 1.26. The molecule has 0 saturated carbocycles. The van der Waals surface area contributed by atoms with Gasteiger partial charge >= 0.3 is 0 Å². The SMILES string of the molecule is O=[N+]([O-])C1=C(F)C=CC([N+](=O)[O-])C1. The monoisotopic (exact) mass is 188 g/mol. The molecule has 0 aromatic rings. The van der Waals surface area contributed by atoms with Crippen molar-refractivity contribution in [2.75, 3.05) is 0 Å². The van der Waals surface area contributed by atoms with Crippen molar-refractivity contribution in [2.45, 2.75) is 12.5 Å². The van der Waals surface area contributed by atoms with Crippen molar-refractivity contribution in [3.8, 4) is 0 Å². The highest BCUT2D eigenvalue weighted by Gasteiger charge is 2.31. The summed E-state index contributed by atoms with van der Waals surface area (Å²) in [5.41, 5.74) is -0.732. The Kier molecular flexibility index (Phi) is 2.36. The van der Waals surface area contributed by atoms with Crippen molar-refractivity contribution in [3.05, 3.63) is 43.9 Å². The van der Waals surface area contributed by atoms with Gasteiger partial charge in [0.2, 0.25) is 6.04 Å². The summed E-state index contributed by atoms with van der Waals surface area (Å²) < 4.78 is 12.7. The zero-order valence-electron chi connectivity index (χ0n) is 6.34. The molecule has 0 spiro atoms. The van der Waals surface area contributed by atoms with E-state index in [1.807, 2.05) is 0 Å². The van der Waals surface area contributed by atoms with Gasteiger partial charge in [-0.05, 0) is 12.2 Å². The summed E-state index contributed by atoms with van der Waals surface area (Å²) in [5.74, 6) is -1.01. The van der Waals surface area contributed by atoms with Crippen LogP contribution in [0.4, 0.5) is 4.39 Å². The molecule has 0 heterocycles. The highest BCUT2D eigenvalue weighted by atomic mass is 19.1. The van der Waals surface area contributed by atoms with Crippen LogP contribution in [0.15, 0.2) is 23.7 Å². The van der Waals surface area contributed by atoms with Crippen molar-refractivity contribution < 1.29 is 14.2 Å². The van der Waals surface area contributed by atoms with E-state index in [1.165, 1.54) is 0 Å². The smallest absolute Gasteiger partial charge is 0.264 e. The molecule has 0 aromatic carbocycles. The van der Waals surface area contributed by atoms with E-state index in [9.17, 15) is 24.6 Å². The lowest BCUT2D eigenvalue weighted by Crippen LogP contribution is -2.22. The highest BCUT2D eigenvalue weighted by molar-refractivity contribution is 5.22. The van der Waals surface area contributed by atoms with Gasteiger partial charge < -0.3 is 0 Å². The van der Waals surface area contributed by atoms with Gasteiger partial charge in [0.15, 0.2) is 5.83 Å². The number of nitro groups is 2. The normalized spacial score (nSPS) is 21.8. The van der Waals surface area contributed by atoms with Crippen LogP contribution in [0, 0.1) is 20.2 Å². The van der Waals surface area contributed by atoms with Gasteiger partial charge in [0.25, 0.3) is 5.70 Å². The number of allylic oxidation sites excluding steroid dienone is 2. The van der Waals surface area contributed by atoms with Gasteiger partial charge in [0.05, 0.1) is 4.92 Å². The third-order valence-corrected chi connectivity index (χ3v) is 1.63. The van der Waals surface area contributed by atoms with Gasteiger partial charge in [-0.25, -0.2) is 0 Å². The van der Waals surface area contributed by atoms with Gasteiger partial charge in [-0.1, -0.05) is 0 Å². The fourth-order valence-electron chi connectivity index (χ4n) is 0.962. The number of rotatable bonds is 2. The molecule has 0 aromatic heterocycles. The van der Waals surface area contributed by atoms with Crippen LogP contribution in [0.25, 0.3) is 0 Å². The largest absolute Gasteiger partial charge is 0.288 e. The third-order valence-electron chi connectivity index (χ3n) is 1.63. The minimum atomic E-state index is -1.19. The molecule has 1 rings (SSSR count). The average Bonchev–Trinajstić information content (AvgIpc) is 2.04. The molecule has 1 unspecified atom stereocenters. The topological polar surface area (TPSA) is 86.3 Å². The van der Waals surface area contributed by atoms with Gasteiger partial charge in [-0.3, -0.25) is 20.2 Å². The van der Waals surface area contributed by atoms with Gasteiger partial charge in [0.1, 0.15) is 6.42 Å². The van der Waals surface area contributed by atoms with Gasteiger partial charge in [0, 0.05) is 4.92 Å². The van der Waals surface area contributed by atoms with Crippen LogP contribution in [0.5, 0.6) is 0 Å². The fraction of sp³-hybridized carbons (Fsp3) is 0.333. The van der Waals surface area contributed by atoms with Crippen molar-refractivity contribution in [2.24, 2.45) is 0 Å². The number of nitrogens with zero attached hydrogens (tertiary/aromatic N) is 2. The lowest BCUT2D eigenvalue weighted by Gasteiger charge is -2.06. The average molecular weight is 188 g/mol. The first-order chi connectivity index (χ1) is 6.02. The molecule has 6 nitrogen and oxygen atoms in total. The molecule has 0 amide bonds. The van der Waals surface area contributed by atoms with Crippen molar-refractivity contribution in [3.63, 3.8) is 0 Å². The third kappa shape index (κ3) is 1.86. The lowest BCUT2D eigenvalue weighted by atomic mass is 10.1. The summed E-state index contributed by atoms with van der Waals surface area (Å²) in [6.45, 7) is 0. The zero-order valence-corrected chi connectivity index (χ0v) is 6.34. The van der Waals surface area contributed by atoms with E-state index in [2.05, 4.69) is 0 Å². The fourth-order valence-corrected chi connectivity index (χ4v) is 0.962. The Bertz CT molecular complexity index is 323. The molecule has 0 N–H and O–H groups in total. The summed E-state index contributed by atoms with van der Waals surface area (Å²) >= 11 is 0. The first-order valence-electron chi connectivity index (χ1n) is 3.37. The second-order valence-electron chi connectivity index (χ2n) is 2.47. The van der Waals surface area contributed by atoms with Crippen LogP contribution in [0.2, 0.25) is 0 Å². The number of hydrogen-bond acceptors (Lipinski definition) is 4. The molecule has 0 saturated heterocycles. The summed E-state index contributed by atoms with van der Waals surface area (Å²) in [4.78, 5) is 18.8. The van der Waals surface area contributed by atoms with Crippen LogP contribution in [0.3, 0.4) is 0 Å². The maximum atomic E-state index is 12.7. The second kappa shape index (κ2) is 3.30. The van der Waals surface area contributed by atoms with Crippen LogP contribution >= 0.6 is 0 Å². The Labute approximate surface area is 71.7 Å². The van der Waals surface area contributed by atoms with E-state index in [4.69, 9.17) is 0 Å². The Morgan fingerprint density at radius 1 is 1.46 bits per heavy atom. The molecule has 0 fully saturated rings. The molecule has 1 atom stereocenters. The van der Waals surface area contributed by atoms with Crippen LogP contribution < -0.4 is 0 Å². The zero-order chi connectivity index (χ0) is 10.0. The van der Waals surface area contributed by atoms with Crippen LogP contribution in [0.1, 0.15) is 6.42 Å². The molecular weight excluding hydrogens is 183 g/mol. The van der Waals surface area contributed by atoms with Gasteiger partial charge in [-0.15, -0.1) is 0 Å². The Balaban J connectivity index is 2.90. The van der Waals surface area contributed by atoms with E-state index in [-0.39, 0.29) is 0 Å². The number of halogens is 1. The minimum Gasteiger partial charge on any atom is -0.264 e. The predicted octanol–water partition coefficient (Wildman–Crippen LogP) is 1.05. The van der Waals surface area contributed by atoms with E-state index < -0.39 is 33.8 Å². The van der Waals surface area contributed by atoms with E-state index >= 15 is 0 Å². The molecule has 0 aliphatic heterocycles. The molecule has 70 valence electrons. The Morgan fingerprint density at radius 3 is 2.54 bits per heavy atom. The van der Waals surface area contributed by atoms with Crippen LogP contribution in [-0.4, -0.2) is 15.9 Å². The lowest BCUT2D eigenvalue weighted by molar-refractivity contribution is -0.518. The first-order valence-corrected chi connectivity index (χ1v) is 3.37. The quantitative estimate of drug-likeness (QED) is 0.478. The maximum Gasteiger partial charge on any atom is 0.288 e. The standard InChI is InChI=1S/C6H5FN2O4/c7-5-2-1-4(8(10)11)3-6(5)9(12)13/h1-2,4H,3H2. The second-order valence-corrected chi connectivity index (χ2v) is 2.47. The first kappa shape index (κ1) is 9.30. The van der Waals surface area contributed by atoms with Gasteiger partial charge in [-0.2, -0.15) is 4.39 Å². The van der Waals surface area contributed by atoms with Crippen molar-refractivity contribution in [1.29, 1.82) is 0 Å². The Hall–Kier alpha value is -1.79. The van der Waals surface area contributed by atoms with E-state index in [1.54, 1.807) is 0 Å². The summed E-state index contributed by atoms with van der Waals surface area (Å²) in [5, 5.41) is 20.4. The number of hydrogen-bond donors (Lipinski definition) is 0. The molecular formula is C6H5FN2O4. The minimum absolute atomic E-state index is 0.498. The molecule has 1 aliphatic rings. The van der Waals surface area contributed by atoms with E-state index in [0.29, 0.717) is 0 Å². The molecule has 0 radical (unpaired) electrons. The molecule has 7 heteroatoms. The molecule has 13 heavy (non-hydrogen) atoms. The van der Waals surface area contributed by atoms with Crippen molar-refractivity contribution >= 4 is 0 Å². The van der Waals surface area contributed by atoms with E-state index in [0.717, 1.165) is 12.2 Å². The maximum absolute atomic E-state index is 12.7. The predicted molar refractivity (Wildman–Crippen MR) is 39.7 cm³/mol. The molecule has 0 bridgehead atoms. The van der Waals surface area contributed by atoms with Crippen LogP contribution in [-0.2, 0) is 0 Å². The summed E-state index contributed by atoms with van der Waals surface area (Å²) in [7, 11) is 0.